The van der Waals surface area contributed by atoms with Gasteiger partial charge in [0.1, 0.15) is 5.56 Å². The number of methoxy groups -OCH3 is 1. The Bertz CT molecular complexity index is 690. The molecule has 1 fully saturated rings. The van der Waals surface area contributed by atoms with Gasteiger partial charge >= 0.3 is 5.97 Å². The number of ether oxygens (including phenoxy) is 3. The zero-order valence-corrected chi connectivity index (χ0v) is 13.8. The average Bonchev–Trinajstić information content (AvgIpc) is 2.60. The Morgan fingerprint density at radius 1 is 1.44 bits per heavy atom. The summed E-state index contributed by atoms with van der Waals surface area (Å²) < 4.78 is 15.5. The Morgan fingerprint density at radius 2 is 2.16 bits per heavy atom. The minimum Gasteiger partial charge on any atom is -0.493 e. The summed E-state index contributed by atoms with van der Waals surface area (Å²) in [6, 6.07) is 2.36. The van der Waals surface area contributed by atoms with Crippen LogP contribution in [0.4, 0.5) is 5.69 Å². The minimum atomic E-state index is -1.20. The molecule has 1 aromatic rings. The molecule has 0 bridgehead atoms. The SMILES string of the molecule is CCOc1cc(C(=O)N2CCOC(C(=O)O)C2)c([N+](=O)[O-])cc1OC. The number of carbonyl (C=O) groups is 2. The van der Waals surface area contributed by atoms with Crippen LogP contribution in [0.5, 0.6) is 11.5 Å². The van der Waals surface area contributed by atoms with Gasteiger partial charge in [-0.25, -0.2) is 4.79 Å². The van der Waals surface area contributed by atoms with Gasteiger partial charge in [-0.3, -0.25) is 14.9 Å². The summed E-state index contributed by atoms with van der Waals surface area (Å²) in [5.74, 6) is -1.53. The highest BCUT2D eigenvalue weighted by atomic mass is 16.6. The molecule has 10 nitrogen and oxygen atoms in total. The van der Waals surface area contributed by atoms with Crippen LogP contribution in [-0.2, 0) is 9.53 Å². The molecule has 0 saturated carbocycles. The topological polar surface area (TPSA) is 128 Å². The van der Waals surface area contributed by atoms with Gasteiger partial charge < -0.3 is 24.2 Å². The summed E-state index contributed by atoms with van der Waals surface area (Å²) in [6.45, 7) is 1.98. The van der Waals surface area contributed by atoms with E-state index in [1.807, 2.05) is 0 Å². The molecule has 0 radical (unpaired) electrons. The van der Waals surface area contributed by atoms with Crippen molar-refractivity contribution in [3.8, 4) is 11.5 Å². The van der Waals surface area contributed by atoms with E-state index in [1.165, 1.54) is 18.1 Å². The molecule has 0 aromatic heterocycles. The number of benzene rings is 1. The van der Waals surface area contributed by atoms with E-state index in [0.717, 1.165) is 6.07 Å². The molecule has 10 heteroatoms. The van der Waals surface area contributed by atoms with Gasteiger partial charge in [-0.05, 0) is 6.92 Å². The van der Waals surface area contributed by atoms with Crippen molar-refractivity contribution >= 4 is 17.6 Å². The Morgan fingerprint density at radius 3 is 2.72 bits per heavy atom. The molecule has 1 unspecified atom stereocenters. The molecule has 1 aliphatic rings. The quantitative estimate of drug-likeness (QED) is 0.590. The summed E-state index contributed by atoms with van der Waals surface area (Å²) in [6.07, 6.45) is -1.17. The van der Waals surface area contributed by atoms with Crippen LogP contribution < -0.4 is 9.47 Å². The van der Waals surface area contributed by atoms with E-state index in [0.29, 0.717) is 0 Å². The van der Waals surface area contributed by atoms with E-state index >= 15 is 0 Å². The second-order valence-electron chi connectivity index (χ2n) is 5.16. The smallest absolute Gasteiger partial charge is 0.334 e. The first kappa shape index (κ1) is 18.5. The van der Waals surface area contributed by atoms with Gasteiger partial charge in [0.15, 0.2) is 17.6 Å². The lowest BCUT2D eigenvalue weighted by Crippen LogP contribution is -2.48. The van der Waals surface area contributed by atoms with Gasteiger partial charge in [0.25, 0.3) is 11.6 Å². The summed E-state index contributed by atoms with van der Waals surface area (Å²) in [4.78, 5) is 35.6. The summed E-state index contributed by atoms with van der Waals surface area (Å²) in [5.41, 5.74) is -0.635. The van der Waals surface area contributed by atoms with Gasteiger partial charge in [0.2, 0.25) is 0 Å². The number of nitrogens with zero attached hydrogens (tertiary/aromatic N) is 2. The van der Waals surface area contributed by atoms with Crippen LogP contribution in [0.3, 0.4) is 0 Å². The third-order valence-electron chi connectivity index (χ3n) is 3.64. The van der Waals surface area contributed by atoms with Crippen molar-refractivity contribution in [2.75, 3.05) is 33.4 Å². The maximum Gasteiger partial charge on any atom is 0.334 e. The third kappa shape index (κ3) is 3.97. The summed E-state index contributed by atoms with van der Waals surface area (Å²) in [5, 5.41) is 20.4. The highest BCUT2D eigenvalue weighted by Crippen LogP contribution is 2.35. The molecule has 1 amide bonds. The monoisotopic (exact) mass is 354 g/mol. The molecule has 1 atom stereocenters. The Hall–Kier alpha value is -2.88. The number of nitro benzene ring substituents is 1. The molecule has 136 valence electrons. The molecule has 0 spiro atoms. The van der Waals surface area contributed by atoms with Crippen molar-refractivity contribution in [1.82, 2.24) is 4.90 Å². The van der Waals surface area contributed by atoms with Crippen LogP contribution >= 0.6 is 0 Å². The fourth-order valence-corrected chi connectivity index (χ4v) is 2.45. The van der Waals surface area contributed by atoms with Crippen LogP contribution in [-0.4, -0.2) is 66.3 Å². The molecule has 1 aromatic carbocycles. The first-order valence-electron chi connectivity index (χ1n) is 7.51. The number of carbonyl (C=O) groups excluding carboxylic acids is 1. The second-order valence-corrected chi connectivity index (χ2v) is 5.16. The van der Waals surface area contributed by atoms with Gasteiger partial charge in [-0.15, -0.1) is 0 Å². The van der Waals surface area contributed by atoms with Crippen molar-refractivity contribution in [3.05, 3.63) is 27.8 Å². The zero-order valence-electron chi connectivity index (χ0n) is 13.8. The summed E-state index contributed by atoms with van der Waals surface area (Å²) >= 11 is 0. The first-order chi connectivity index (χ1) is 11.9. The van der Waals surface area contributed by atoms with E-state index in [9.17, 15) is 19.7 Å². The molecule has 1 N–H and O–H groups in total. The lowest BCUT2D eigenvalue weighted by molar-refractivity contribution is -0.385. The van der Waals surface area contributed by atoms with E-state index < -0.39 is 28.6 Å². The predicted octanol–water partition coefficient (Wildman–Crippen LogP) is 0.928. The fraction of sp³-hybridized carbons (Fsp3) is 0.467. The molecule has 1 heterocycles. The highest BCUT2D eigenvalue weighted by molar-refractivity contribution is 5.99. The Kier molecular flexibility index (Phi) is 5.75. The van der Waals surface area contributed by atoms with E-state index in [1.54, 1.807) is 6.92 Å². The normalized spacial score (nSPS) is 17.0. The molecular formula is C15H18N2O8. The number of rotatable bonds is 6. The van der Waals surface area contributed by atoms with Crippen LogP contribution in [0.2, 0.25) is 0 Å². The van der Waals surface area contributed by atoms with E-state index in [-0.39, 0.29) is 43.4 Å². The van der Waals surface area contributed by atoms with Crippen molar-refractivity contribution in [2.45, 2.75) is 13.0 Å². The van der Waals surface area contributed by atoms with Crippen molar-refractivity contribution in [2.24, 2.45) is 0 Å². The number of hydrogen-bond donors (Lipinski definition) is 1. The molecule has 2 rings (SSSR count). The Balaban J connectivity index is 2.41. The first-order valence-corrected chi connectivity index (χ1v) is 7.51. The molecule has 1 aliphatic heterocycles. The zero-order chi connectivity index (χ0) is 18.6. The van der Waals surface area contributed by atoms with E-state index in [2.05, 4.69) is 0 Å². The number of morpholine rings is 1. The van der Waals surface area contributed by atoms with Crippen molar-refractivity contribution in [1.29, 1.82) is 0 Å². The van der Waals surface area contributed by atoms with Crippen LogP contribution in [0.15, 0.2) is 12.1 Å². The largest absolute Gasteiger partial charge is 0.493 e. The van der Waals surface area contributed by atoms with Crippen molar-refractivity contribution in [3.63, 3.8) is 0 Å². The van der Waals surface area contributed by atoms with Crippen LogP contribution in [0.1, 0.15) is 17.3 Å². The third-order valence-corrected chi connectivity index (χ3v) is 3.64. The lowest BCUT2D eigenvalue weighted by atomic mass is 10.1. The van der Waals surface area contributed by atoms with Gasteiger partial charge in [0, 0.05) is 12.6 Å². The van der Waals surface area contributed by atoms with Crippen LogP contribution in [0.25, 0.3) is 0 Å². The van der Waals surface area contributed by atoms with E-state index in [4.69, 9.17) is 19.3 Å². The maximum atomic E-state index is 12.7. The Labute approximate surface area is 143 Å². The molecule has 25 heavy (non-hydrogen) atoms. The molecule has 1 saturated heterocycles. The molecule has 0 aliphatic carbocycles. The highest BCUT2D eigenvalue weighted by Gasteiger charge is 2.33. The number of carboxylic acid groups (broad SMARTS) is 1. The average molecular weight is 354 g/mol. The second kappa shape index (κ2) is 7.79. The number of nitro groups is 1. The minimum absolute atomic E-state index is 0.0327. The van der Waals surface area contributed by atoms with Gasteiger partial charge in [-0.2, -0.15) is 0 Å². The van der Waals surface area contributed by atoms with Gasteiger partial charge in [0.05, 0.1) is 37.9 Å². The standard InChI is InChI=1S/C15H18N2O8/c1-3-24-12-6-9(10(17(21)22)7-11(12)23-2)14(18)16-4-5-25-13(8-16)15(19)20/h6-7,13H,3-5,8H2,1-2H3,(H,19,20). The summed E-state index contributed by atoms with van der Waals surface area (Å²) in [7, 11) is 1.34. The van der Waals surface area contributed by atoms with Crippen LogP contribution in [0, 0.1) is 10.1 Å². The lowest BCUT2D eigenvalue weighted by Gasteiger charge is -2.30. The number of aliphatic carboxylic acids is 1. The number of amides is 1. The predicted molar refractivity (Wildman–Crippen MR) is 84.1 cm³/mol. The van der Waals surface area contributed by atoms with Gasteiger partial charge in [-0.1, -0.05) is 0 Å². The number of carboxylic acids is 1. The van der Waals surface area contributed by atoms with Crippen molar-refractivity contribution < 1.29 is 33.8 Å². The number of hydrogen-bond acceptors (Lipinski definition) is 7. The maximum absolute atomic E-state index is 12.7. The molecular weight excluding hydrogens is 336 g/mol. The fourth-order valence-electron chi connectivity index (χ4n) is 2.45.